The topological polar surface area (TPSA) is 22.1 Å². The highest BCUT2D eigenvalue weighted by Crippen LogP contribution is 2.34. The van der Waals surface area contributed by atoms with E-state index in [0.29, 0.717) is 5.92 Å². The summed E-state index contributed by atoms with van der Waals surface area (Å²) in [5, 5.41) is -0.196. The monoisotopic (exact) mass is 307 g/mol. The molecule has 0 amide bonds. The lowest BCUT2D eigenvalue weighted by molar-refractivity contribution is -0.137. The molecule has 0 bridgehead atoms. The highest BCUT2D eigenvalue weighted by Gasteiger charge is 2.32. The van der Waals surface area contributed by atoms with E-state index < -0.39 is 11.7 Å². The normalized spacial score (nSPS) is 23.6. The van der Waals surface area contributed by atoms with Crippen molar-refractivity contribution >= 4 is 11.6 Å². The smallest absolute Gasteiger partial charge is 0.416 e. The first-order valence-electron chi connectivity index (χ1n) is 6.81. The predicted molar refractivity (Wildman–Crippen MR) is 70.9 cm³/mol. The van der Waals surface area contributed by atoms with E-state index in [1.54, 1.807) is 0 Å². The van der Waals surface area contributed by atoms with Gasteiger partial charge in [-0.2, -0.15) is 13.2 Å². The zero-order valence-corrected chi connectivity index (χ0v) is 12.0. The minimum absolute atomic E-state index is 0.0322. The van der Waals surface area contributed by atoms with E-state index in [-0.39, 0.29) is 17.1 Å². The molecule has 1 saturated carbocycles. The zero-order valence-electron chi connectivity index (χ0n) is 11.2. The number of ether oxygens (including phenoxy) is 1. The van der Waals surface area contributed by atoms with Gasteiger partial charge >= 0.3 is 6.18 Å². The standard InChI is InChI=1S/C14H17ClF3NO/c1-2-9-5-3-4-6-11(9)20-13-8-10(14(16,17)18)7-12(15)19-13/h7-9,11H,2-6H2,1H3. The van der Waals surface area contributed by atoms with Crippen LogP contribution in [0.2, 0.25) is 5.15 Å². The minimum atomic E-state index is -4.44. The molecule has 0 aliphatic heterocycles. The summed E-state index contributed by atoms with van der Waals surface area (Å²) in [6.07, 6.45) is 0.532. The molecule has 6 heteroatoms. The second-order valence-electron chi connectivity index (χ2n) is 5.12. The molecule has 0 spiro atoms. The van der Waals surface area contributed by atoms with Gasteiger partial charge in [0.2, 0.25) is 5.88 Å². The van der Waals surface area contributed by atoms with Crippen molar-refractivity contribution in [1.29, 1.82) is 0 Å². The van der Waals surface area contributed by atoms with E-state index in [9.17, 15) is 13.2 Å². The summed E-state index contributed by atoms with van der Waals surface area (Å²) in [6.45, 7) is 2.07. The van der Waals surface area contributed by atoms with E-state index in [1.807, 2.05) is 0 Å². The van der Waals surface area contributed by atoms with Gasteiger partial charge in [0.05, 0.1) is 5.56 Å². The van der Waals surface area contributed by atoms with Crippen molar-refractivity contribution in [3.63, 3.8) is 0 Å². The lowest BCUT2D eigenvalue weighted by Crippen LogP contribution is -2.30. The molecule has 1 fully saturated rings. The van der Waals surface area contributed by atoms with Crippen LogP contribution in [0, 0.1) is 5.92 Å². The van der Waals surface area contributed by atoms with Crippen LogP contribution in [0.15, 0.2) is 12.1 Å². The molecule has 1 aromatic heterocycles. The summed E-state index contributed by atoms with van der Waals surface area (Å²) < 4.78 is 43.9. The summed E-state index contributed by atoms with van der Waals surface area (Å²) in [6, 6.07) is 1.74. The quantitative estimate of drug-likeness (QED) is 0.725. The largest absolute Gasteiger partial charge is 0.474 e. The van der Waals surface area contributed by atoms with Crippen LogP contribution in [0.4, 0.5) is 13.2 Å². The summed E-state index contributed by atoms with van der Waals surface area (Å²) in [5.41, 5.74) is -0.823. The molecule has 2 atom stereocenters. The fourth-order valence-corrected chi connectivity index (χ4v) is 2.85. The molecule has 1 aromatic rings. The highest BCUT2D eigenvalue weighted by molar-refractivity contribution is 6.29. The number of halogens is 4. The maximum Gasteiger partial charge on any atom is 0.416 e. The molecule has 2 rings (SSSR count). The minimum Gasteiger partial charge on any atom is -0.474 e. The van der Waals surface area contributed by atoms with Crippen LogP contribution in [0.25, 0.3) is 0 Å². The SMILES string of the molecule is CCC1CCCCC1Oc1cc(C(F)(F)F)cc(Cl)n1. The Labute approximate surface area is 121 Å². The van der Waals surface area contributed by atoms with E-state index in [4.69, 9.17) is 16.3 Å². The van der Waals surface area contributed by atoms with Gasteiger partial charge in [-0.05, 0) is 37.7 Å². The Kier molecular flexibility index (Phi) is 4.78. The predicted octanol–water partition coefficient (Wildman–Crippen LogP) is 5.10. The Hall–Kier alpha value is -0.970. The first kappa shape index (κ1) is 15.4. The molecule has 0 radical (unpaired) electrons. The van der Waals surface area contributed by atoms with Crippen molar-refractivity contribution in [2.24, 2.45) is 5.92 Å². The van der Waals surface area contributed by atoms with Gasteiger partial charge in [-0.1, -0.05) is 24.9 Å². The lowest BCUT2D eigenvalue weighted by Gasteiger charge is -2.30. The summed E-state index contributed by atoms with van der Waals surface area (Å²) in [7, 11) is 0. The first-order chi connectivity index (χ1) is 9.40. The molecule has 112 valence electrons. The van der Waals surface area contributed by atoms with E-state index in [2.05, 4.69) is 11.9 Å². The van der Waals surface area contributed by atoms with Crippen LogP contribution in [0.1, 0.15) is 44.6 Å². The molecular formula is C14H17ClF3NO. The number of aromatic nitrogens is 1. The maximum atomic E-state index is 12.7. The highest BCUT2D eigenvalue weighted by atomic mass is 35.5. The lowest BCUT2D eigenvalue weighted by atomic mass is 9.85. The number of pyridine rings is 1. The molecule has 1 aliphatic rings. The molecule has 1 aliphatic carbocycles. The van der Waals surface area contributed by atoms with Crippen LogP contribution >= 0.6 is 11.6 Å². The molecule has 0 N–H and O–H groups in total. The van der Waals surface area contributed by atoms with Crippen LogP contribution < -0.4 is 4.74 Å². The average Bonchev–Trinajstić information content (AvgIpc) is 2.37. The Balaban J connectivity index is 2.18. The van der Waals surface area contributed by atoms with Gasteiger partial charge in [0.25, 0.3) is 0 Å². The van der Waals surface area contributed by atoms with Crippen molar-refractivity contribution in [3.8, 4) is 5.88 Å². The summed E-state index contributed by atoms with van der Waals surface area (Å²) in [5.74, 6) is 0.342. The number of nitrogens with zero attached hydrogens (tertiary/aromatic N) is 1. The first-order valence-corrected chi connectivity index (χ1v) is 7.19. The van der Waals surface area contributed by atoms with Gasteiger partial charge in [0.1, 0.15) is 11.3 Å². The Bertz CT molecular complexity index is 464. The van der Waals surface area contributed by atoms with E-state index in [0.717, 1.165) is 44.2 Å². The van der Waals surface area contributed by atoms with Crippen LogP contribution in [0.3, 0.4) is 0 Å². The molecule has 2 unspecified atom stereocenters. The average molecular weight is 308 g/mol. The van der Waals surface area contributed by atoms with Crippen molar-refractivity contribution in [1.82, 2.24) is 4.98 Å². The molecular weight excluding hydrogens is 291 g/mol. The Morgan fingerprint density at radius 1 is 1.30 bits per heavy atom. The van der Waals surface area contributed by atoms with Gasteiger partial charge in [-0.15, -0.1) is 0 Å². The van der Waals surface area contributed by atoms with Gasteiger partial charge in [-0.3, -0.25) is 0 Å². The molecule has 0 aromatic carbocycles. The molecule has 20 heavy (non-hydrogen) atoms. The Morgan fingerprint density at radius 2 is 2.00 bits per heavy atom. The molecule has 2 nitrogen and oxygen atoms in total. The van der Waals surface area contributed by atoms with Gasteiger partial charge in [-0.25, -0.2) is 4.98 Å². The molecule has 0 saturated heterocycles. The molecule has 1 heterocycles. The van der Waals surface area contributed by atoms with Crippen LogP contribution in [-0.4, -0.2) is 11.1 Å². The van der Waals surface area contributed by atoms with Crippen molar-refractivity contribution in [2.75, 3.05) is 0 Å². The van der Waals surface area contributed by atoms with Crippen molar-refractivity contribution in [3.05, 3.63) is 22.8 Å². The van der Waals surface area contributed by atoms with Crippen LogP contribution in [0.5, 0.6) is 5.88 Å². The Morgan fingerprint density at radius 3 is 2.65 bits per heavy atom. The number of hydrogen-bond acceptors (Lipinski definition) is 2. The second-order valence-corrected chi connectivity index (χ2v) is 5.51. The van der Waals surface area contributed by atoms with Gasteiger partial charge in [0.15, 0.2) is 0 Å². The third kappa shape index (κ3) is 3.78. The number of hydrogen-bond donors (Lipinski definition) is 0. The summed E-state index contributed by atoms with van der Waals surface area (Å²) in [4.78, 5) is 3.85. The van der Waals surface area contributed by atoms with Crippen LogP contribution in [-0.2, 0) is 6.18 Å². The van der Waals surface area contributed by atoms with E-state index in [1.165, 1.54) is 0 Å². The fraction of sp³-hybridized carbons (Fsp3) is 0.643. The summed E-state index contributed by atoms with van der Waals surface area (Å²) >= 11 is 5.65. The third-order valence-corrected chi connectivity index (χ3v) is 3.93. The maximum absolute atomic E-state index is 12.7. The van der Waals surface area contributed by atoms with Crippen molar-refractivity contribution < 1.29 is 17.9 Å². The second kappa shape index (κ2) is 6.20. The zero-order chi connectivity index (χ0) is 14.8. The van der Waals surface area contributed by atoms with E-state index >= 15 is 0 Å². The fourth-order valence-electron chi connectivity index (χ4n) is 2.65. The number of alkyl halides is 3. The van der Waals surface area contributed by atoms with Crippen molar-refractivity contribution in [2.45, 2.75) is 51.3 Å². The third-order valence-electron chi connectivity index (χ3n) is 3.73. The number of rotatable bonds is 3. The van der Waals surface area contributed by atoms with Gasteiger partial charge < -0.3 is 4.74 Å². The van der Waals surface area contributed by atoms with Gasteiger partial charge in [0, 0.05) is 6.07 Å².